The Labute approximate surface area is 169 Å². The van der Waals surface area contributed by atoms with Crippen LogP contribution in [0.2, 0.25) is 0 Å². The molecule has 1 N–H and O–H groups in total. The maximum atomic E-state index is 9.64. The number of methoxy groups -OCH3 is 1. The standard InChI is InChI=1S/C24H22N4O/c1-29-19-5-6-23-20(12-19)22(14-26-23)17-7-10-27(11-8-17)15-18-16-28-9-3-2-4-24(28)21(18)13-25/h2-7,9,12,14,16,26H,8,10-11,15H2,1H3. The van der Waals surface area contributed by atoms with Crippen molar-refractivity contribution in [3.05, 3.63) is 77.8 Å². The summed E-state index contributed by atoms with van der Waals surface area (Å²) in [6.45, 7) is 2.64. The molecule has 144 valence electrons. The average Bonchev–Trinajstić information content (AvgIpc) is 3.34. The number of rotatable bonds is 4. The molecule has 1 aromatic carbocycles. The zero-order chi connectivity index (χ0) is 19.8. The summed E-state index contributed by atoms with van der Waals surface area (Å²) in [6, 6.07) is 14.5. The first-order valence-corrected chi connectivity index (χ1v) is 9.82. The second-order valence-corrected chi connectivity index (χ2v) is 7.46. The van der Waals surface area contributed by atoms with Crippen molar-refractivity contribution in [1.29, 1.82) is 5.26 Å². The molecule has 0 atom stereocenters. The van der Waals surface area contributed by atoms with Gasteiger partial charge in [-0.05, 0) is 42.3 Å². The molecular weight excluding hydrogens is 360 g/mol. The molecule has 0 saturated carbocycles. The summed E-state index contributed by atoms with van der Waals surface area (Å²) in [4.78, 5) is 5.77. The van der Waals surface area contributed by atoms with E-state index >= 15 is 0 Å². The van der Waals surface area contributed by atoms with E-state index in [4.69, 9.17) is 4.74 Å². The summed E-state index contributed by atoms with van der Waals surface area (Å²) < 4.78 is 7.43. The smallest absolute Gasteiger partial charge is 0.119 e. The van der Waals surface area contributed by atoms with Crippen LogP contribution < -0.4 is 4.74 Å². The fraction of sp³-hybridized carbons (Fsp3) is 0.208. The Bertz CT molecular complexity index is 1270. The minimum atomic E-state index is 0.782. The highest BCUT2D eigenvalue weighted by Crippen LogP contribution is 2.32. The second kappa shape index (κ2) is 7.16. The van der Waals surface area contributed by atoms with Gasteiger partial charge in [0.2, 0.25) is 0 Å². The number of nitriles is 1. The predicted octanol–water partition coefficient (Wildman–Crippen LogP) is 4.59. The van der Waals surface area contributed by atoms with Gasteiger partial charge in [0.1, 0.15) is 11.8 Å². The molecule has 3 aromatic heterocycles. The van der Waals surface area contributed by atoms with E-state index in [1.165, 1.54) is 16.5 Å². The predicted molar refractivity (Wildman–Crippen MR) is 115 cm³/mol. The topological polar surface area (TPSA) is 56.5 Å². The fourth-order valence-corrected chi connectivity index (χ4v) is 4.26. The van der Waals surface area contributed by atoms with Crippen LogP contribution in [0.4, 0.5) is 0 Å². The van der Waals surface area contributed by atoms with E-state index in [1.807, 2.05) is 34.9 Å². The third-order valence-electron chi connectivity index (χ3n) is 5.80. The quantitative estimate of drug-likeness (QED) is 0.562. The van der Waals surface area contributed by atoms with Gasteiger partial charge < -0.3 is 14.1 Å². The van der Waals surface area contributed by atoms with Crippen LogP contribution >= 0.6 is 0 Å². The van der Waals surface area contributed by atoms with Crippen molar-refractivity contribution in [1.82, 2.24) is 14.3 Å². The number of hydrogen-bond acceptors (Lipinski definition) is 3. The monoisotopic (exact) mass is 382 g/mol. The van der Waals surface area contributed by atoms with Crippen molar-refractivity contribution < 1.29 is 4.74 Å². The van der Waals surface area contributed by atoms with E-state index in [-0.39, 0.29) is 0 Å². The van der Waals surface area contributed by atoms with Gasteiger partial charge in [0.25, 0.3) is 0 Å². The molecule has 4 aromatic rings. The first-order valence-electron chi connectivity index (χ1n) is 9.82. The maximum absolute atomic E-state index is 9.64. The first-order chi connectivity index (χ1) is 14.3. The third-order valence-corrected chi connectivity index (χ3v) is 5.80. The van der Waals surface area contributed by atoms with Crippen molar-refractivity contribution in [2.24, 2.45) is 0 Å². The molecule has 4 heterocycles. The van der Waals surface area contributed by atoms with E-state index in [0.29, 0.717) is 0 Å². The van der Waals surface area contributed by atoms with Crippen molar-refractivity contribution >= 4 is 22.0 Å². The zero-order valence-corrected chi connectivity index (χ0v) is 16.4. The van der Waals surface area contributed by atoms with Gasteiger partial charge in [0.15, 0.2) is 0 Å². The molecule has 0 spiro atoms. The molecule has 0 aliphatic carbocycles. The van der Waals surface area contributed by atoms with Crippen LogP contribution in [0.1, 0.15) is 23.1 Å². The number of hydrogen-bond donors (Lipinski definition) is 1. The molecule has 29 heavy (non-hydrogen) atoms. The lowest BCUT2D eigenvalue weighted by Gasteiger charge is -2.26. The Kier molecular flexibility index (Phi) is 4.34. The van der Waals surface area contributed by atoms with Gasteiger partial charge in [-0.3, -0.25) is 4.90 Å². The van der Waals surface area contributed by atoms with Gasteiger partial charge in [-0.1, -0.05) is 12.1 Å². The SMILES string of the molecule is COc1ccc2[nH]cc(C3=CCN(Cc4cn5ccccc5c4C#N)CC3)c2c1. The first kappa shape index (κ1) is 17.6. The molecule has 1 aliphatic rings. The van der Waals surface area contributed by atoms with Crippen LogP contribution in [0.5, 0.6) is 5.75 Å². The van der Waals surface area contributed by atoms with E-state index in [1.54, 1.807) is 7.11 Å². The second-order valence-electron chi connectivity index (χ2n) is 7.46. The van der Waals surface area contributed by atoms with Crippen molar-refractivity contribution in [2.75, 3.05) is 20.2 Å². The van der Waals surface area contributed by atoms with Crippen LogP contribution in [0, 0.1) is 11.3 Å². The van der Waals surface area contributed by atoms with Crippen LogP contribution in [0.3, 0.4) is 0 Å². The minimum Gasteiger partial charge on any atom is -0.497 e. The Hall–Kier alpha value is -3.49. The molecule has 1 aliphatic heterocycles. The maximum Gasteiger partial charge on any atom is 0.119 e. The Morgan fingerprint density at radius 1 is 1.24 bits per heavy atom. The number of pyridine rings is 1. The number of fused-ring (bicyclic) bond motifs is 2. The molecule has 5 nitrogen and oxygen atoms in total. The number of nitrogens with zero attached hydrogens (tertiary/aromatic N) is 3. The van der Waals surface area contributed by atoms with Gasteiger partial charge in [-0.25, -0.2) is 0 Å². The van der Waals surface area contributed by atoms with Crippen LogP contribution in [0.25, 0.3) is 22.0 Å². The molecule has 5 rings (SSSR count). The summed E-state index contributed by atoms with van der Waals surface area (Å²) in [5.41, 5.74) is 6.60. The molecular formula is C24H22N4O. The molecule has 0 radical (unpaired) electrons. The largest absolute Gasteiger partial charge is 0.497 e. The molecule has 0 saturated heterocycles. The van der Waals surface area contributed by atoms with Crippen LogP contribution in [-0.2, 0) is 6.54 Å². The molecule has 5 heteroatoms. The highest BCUT2D eigenvalue weighted by Gasteiger charge is 2.18. The molecule has 0 unspecified atom stereocenters. The number of aromatic amines is 1. The summed E-state index contributed by atoms with van der Waals surface area (Å²) >= 11 is 0. The van der Waals surface area contributed by atoms with E-state index in [9.17, 15) is 5.26 Å². The Balaban J connectivity index is 1.38. The molecule has 0 bridgehead atoms. The lowest BCUT2D eigenvalue weighted by Crippen LogP contribution is -2.28. The summed E-state index contributed by atoms with van der Waals surface area (Å²) in [5, 5.41) is 10.8. The molecule has 0 amide bonds. The number of nitrogens with one attached hydrogen (secondary N) is 1. The normalized spacial score (nSPS) is 14.8. The molecule has 0 fully saturated rings. The van der Waals surface area contributed by atoms with Gasteiger partial charge in [0, 0.05) is 60.3 Å². The fourth-order valence-electron chi connectivity index (χ4n) is 4.26. The van der Waals surface area contributed by atoms with E-state index in [0.717, 1.165) is 54.0 Å². The van der Waals surface area contributed by atoms with E-state index < -0.39 is 0 Å². The van der Waals surface area contributed by atoms with Crippen molar-refractivity contribution in [3.63, 3.8) is 0 Å². The number of aromatic nitrogens is 2. The Morgan fingerprint density at radius 3 is 2.97 bits per heavy atom. The van der Waals surface area contributed by atoms with Crippen molar-refractivity contribution in [2.45, 2.75) is 13.0 Å². The van der Waals surface area contributed by atoms with Gasteiger partial charge in [-0.15, -0.1) is 0 Å². The highest BCUT2D eigenvalue weighted by atomic mass is 16.5. The van der Waals surface area contributed by atoms with Gasteiger partial charge >= 0.3 is 0 Å². The lowest BCUT2D eigenvalue weighted by molar-refractivity contribution is 0.294. The van der Waals surface area contributed by atoms with Crippen LogP contribution in [-0.4, -0.2) is 34.5 Å². The lowest BCUT2D eigenvalue weighted by atomic mass is 9.98. The summed E-state index contributed by atoms with van der Waals surface area (Å²) in [5.74, 6) is 0.876. The number of benzene rings is 1. The Morgan fingerprint density at radius 2 is 2.17 bits per heavy atom. The van der Waals surface area contributed by atoms with Crippen molar-refractivity contribution in [3.8, 4) is 11.8 Å². The number of ether oxygens (including phenoxy) is 1. The average molecular weight is 382 g/mol. The third kappa shape index (κ3) is 3.08. The highest BCUT2D eigenvalue weighted by molar-refractivity contribution is 5.93. The van der Waals surface area contributed by atoms with Gasteiger partial charge in [0.05, 0.1) is 18.2 Å². The number of H-pyrrole nitrogens is 1. The van der Waals surface area contributed by atoms with Crippen LogP contribution in [0.15, 0.2) is 61.1 Å². The summed E-state index contributed by atoms with van der Waals surface area (Å²) in [7, 11) is 1.70. The van der Waals surface area contributed by atoms with Gasteiger partial charge in [-0.2, -0.15) is 5.26 Å². The minimum absolute atomic E-state index is 0.782. The van der Waals surface area contributed by atoms with E-state index in [2.05, 4.69) is 46.6 Å². The zero-order valence-electron chi connectivity index (χ0n) is 16.4. The summed E-state index contributed by atoms with van der Waals surface area (Å²) in [6.07, 6.45) is 9.48.